The van der Waals surface area contributed by atoms with Crippen molar-refractivity contribution >= 4 is 23.5 Å². The Morgan fingerprint density at radius 1 is 1.07 bits per heavy atom. The predicted octanol–water partition coefficient (Wildman–Crippen LogP) is 4.06. The molecule has 1 atom stereocenters. The van der Waals surface area contributed by atoms with E-state index >= 15 is 0 Å². The molecule has 0 aliphatic rings. The molecule has 0 bridgehead atoms. The SMILES string of the molecule is Cc1ccc(Cn2nc(C)c(C(=O)OC(C)C(=O)NCc3ccccc3)c2Cl)cc1. The molecule has 1 N–H and O–H groups in total. The average Bonchev–Trinajstić information content (AvgIpc) is 3.01. The normalized spacial score (nSPS) is 11.7. The van der Waals surface area contributed by atoms with E-state index in [0.29, 0.717) is 18.8 Å². The number of aryl methyl sites for hydroxylation is 2. The zero-order valence-electron chi connectivity index (χ0n) is 17.2. The van der Waals surface area contributed by atoms with Gasteiger partial charge in [0.2, 0.25) is 0 Å². The van der Waals surface area contributed by atoms with Gasteiger partial charge in [0.15, 0.2) is 6.10 Å². The number of hydrogen-bond acceptors (Lipinski definition) is 4. The molecule has 0 radical (unpaired) electrons. The van der Waals surface area contributed by atoms with E-state index in [-0.39, 0.29) is 16.6 Å². The van der Waals surface area contributed by atoms with Crippen molar-refractivity contribution < 1.29 is 14.3 Å². The highest BCUT2D eigenvalue weighted by Crippen LogP contribution is 2.22. The molecule has 7 heteroatoms. The Kier molecular flexibility index (Phi) is 6.90. The van der Waals surface area contributed by atoms with Crippen molar-refractivity contribution in [1.29, 1.82) is 0 Å². The fourth-order valence-corrected chi connectivity index (χ4v) is 3.27. The molecule has 3 aromatic rings. The van der Waals surface area contributed by atoms with Crippen molar-refractivity contribution in [3.05, 3.63) is 87.7 Å². The number of halogens is 1. The van der Waals surface area contributed by atoms with Gasteiger partial charge in [0.25, 0.3) is 5.91 Å². The first-order valence-electron chi connectivity index (χ1n) is 9.66. The largest absolute Gasteiger partial charge is 0.449 e. The standard InChI is InChI=1S/C23H24ClN3O3/c1-15-9-11-19(12-10-15)14-27-21(24)20(16(2)26-27)23(29)30-17(3)22(28)25-13-18-7-5-4-6-8-18/h4-12,17H,13-14H2,1-3H3,(H,25,28). The van der Waals surface area contributed by atoms with Crippen LogP contribution in [-0.2, 0) is 22.6 Å². The molecule has 0 saturated heterocycles. The van der Waals surface area contributed by atoms with Crippen LogP contribution in [0.15, 0.2) is 54.6 Å². The summed E-state index contributed by atoms with van der Waals surface area (Å²) >= 11 is 6.41. The number of hydrogen-bond donors (Lipinski definition) is 1. The van der Waals surface area contributed by atoms with Crippen molar-refractivity contribution in [2.75, 3.05) is 0 Å². The minimum Gasteiger partial charge on any atom is -0.449 e. The number of carbonyl (C=O) groups is 2. The van der Waals surface area contributed by atoms with E-state index in [1.807, 2.05) is 61.5 Å². The highest BCUT2D eigenvalue weighted by molar-refractivity contribution is 6.32. The Hall–Kier alpha value is -3.12. The molecule has 6 nitrogen and oxygen atoms in total. The second kappa shape index (κ2) is 9.59. The van der Waals surface area contributed by atoms with Crippen LogP contribution in [0.5, 0.6) is 0 Å². The molecular weight excluding hydrogens is 402 g/mol. The number of rotatable bonds is 7. The molecule has 3 rings (SSSR count). The molecule has 1 heterocycles. The summed E-state index contributed by atoms with van der Waals surface area (Å²) in [7, 11) is 0. The molecule has 156 valence electrons. The average molecular weight is 426 g/mol. The second-order valence-electron chi connectivity index (χ2n) is 7.15. The van der Waals surface area contributed by atoms with Gasteiger partial charge in [0, 0.05) is 6.54 Å². The first-order valence-corrected chi connectivity index (χ1v) is 10.0. The maximum absolute atomic E-state index is 12.6. The monoisotopic (exact) mass is 425 g/mol. The van der Waals surface area contributed by atoms with E-state index in [1.54, 1.807) is 11.6 Å². The first kappa shape index (κ1) is 21.6. The Labute approximate surface area is 180 Å². The Bertz CT molecular complexity index is 1030. The highest BCUT2D eigenvalue weighted by atomic mass is 35.5. The molecule has 0 fully saturated rings. The molecule has 0 aliphatic heterocycles. The van der Waals surface area contributed by atoms with Gasteiger partial charge in [-0.3, -0.25) is 4.79 Å². The van der Waals surface area contributed by atoms with Gasteiger partial charge in [0.05, 0.1) is 12.2 Å². The lowest BCUT2D eigenvalue weighted by Crippen LogP contribution is -2.35. The fraction of sp³-hybridized carbons (Fsp3) is 0.261. The van der Waals surface area contributed by atoms with Gasteiger partial charge in [-0.2, -0.15) is 5.10 Å². The van der Waals surface area contributed by atoms with Gasteiger partial charge in [-0.05, 0) is 31.9 Å². The minimum absolute atomic E-state index is 0.173. The molecule has 1 aromatic heterocycles. The number of carbonyl (C=O) groups excluding carboxylic acids is 2. The number of benzene rings is 2. The topological polar surface area (TPSA) is 73.2 Å². The molecule has 30 heavy (non-hydrogen) atoms. The van der Waals surface area contributed by atoms with Crippen LogP contribution in [0, 0.1) is 13.8 Å². The Morgan fingerprint density at radius 3 is 2.40 bits per heavy atom. The smallest absolute Gasteiger partial charge is 0.343 e. The van der Waals surface area contributed by atoms with Gasteiger partial charge < -0.3 is 10.1 Å². The molecule has 0 spiro atoms. The van der Waals surface area contributed by atoms with Crippen LogP contribution >= 0.6 is 11.6 Å². The zero-order chi connectivity index (χ0) is 21.7. The maximum atomic E-state index is 12.6. The molecule has 1 unspecified atom stereocenters. The Balaban J connectivity index is 1.63. The lowest BCUT2D eigenvalue weighted by Gasteiger charge is -2.13. The van der Waals surface area contributed by atoms with Gasteiger partial charge in [-0.15, -0.1) is 0 Å². The van der Waals surface area contributed by atoms with E-state index in [9.17, 15) is 9.59 Å². The van der Waals surface area contributed by atoms with Crippen LogP contribution in [0.3, 0.4) is 0 Å². The van der Waals surface area contributed by atoms with E-state index < -0.39 is 12.1 Å². The number of aromatic nitrogens is 2. The van der Waals surface area contributed by atoms with Gasteiger partial charge in [0.1, 0.15) is 10.7 Å². The third-order valence-corrected chi connectivity index (χ3v) is 5.07. The van der Waals surface area contributed by atoms with Crippen molar-refractivity contribution in [3.8, 4) is 0 Å². The lowest BCUT2D eigenvalue weighted by atomic mass is 10.1. The summed E-state index contributed by atoms with van der Waals surface area (Å²) in [6.45, 7) is 6.02. The summed E-state index contributed by atoms with van der Waals surface area (Å²) in [5.74, 6) is -1.05. The van der Waals surface area contributed by atoms with Crippen LogP contribution in [0.25, 0.3) is 0 Å². The third-order valence-electron chi connectivity index (χ3n) is 4.69. The highest BCUT2D eigenvalue weighted by Gasteiger charge is 2.25. The van der Waals surface area contributed by atoms with Crippen molar-refractivity contribution in [3.63, 3.8) is 0 Å². The number of nitrogens with one attached hydrogen (secondary N) is 1. The van der Waals surface area contributed by atoms with Crippen LogP contribution < -0.4 is 5.32 Å². The van der Waals surface area contributed by atoms with E-state index in [2.05, 4.69) is 10.4 Å². The summed E-state index contributed by atoms with van der Waals surface area (Å²) in [6, 6.07) is 17.5. The quantitative estimate of drug-likeness (QED) is 0.579. The number of ether oxygens (including phenoxy) is 1. The summed E-state index contributed by atoms with van der Waals surface area (Å²) < 4.78 is 6.89. The predicted molar refractivity (Wildman–Crippen MR) is 115 cm³/mol. The van der Waals surface area contributed by atoms with Crippen LogP contribution in [0.2, 0.25) is 5.15 Å². The molecular formula is C23H24ClN3O3. The van der Waals surface area contributed by atoms with E-state index in [0.717, 1.165) is 16.7 Å². The van der Waals surface area contributed by atoms with Gasteiger partial charge in [-0.25, -0.2) is 9.48 Å². The van der Waals surface area contributed by atoms with Gasteiger partial charge >= 0.3 is 5.97 Å². The zero-order valence-corrected chi connectivity index (χ0v) is 17.9. The minimum atomic E-state index is -0.961. The van der Waals surface area contributed by atoms with Crippen LogP contribution in [-0.4, -0.2) is 27.8 Å². The molecule has 2 aromatic carbocycles. The molecule has 0 saturated carbocycles. The third kappa shape index (κ3) is 5.27. The van der Waals surface area contributed by atoms with Crippen molar-refractivity contribution in [2.45, 2.75) is 40.0 Å². The van der Waals surface area contributed by atoms with Crippen molar-refractivity contribution in [1.82, 2.24) is 15.1 Å². The van der Waals surface area contributed by atoms with Crippen LogP contribution in [0.4, 0.5) is 0 Å². The first-order chi connectivity index (χ1) is 14.3. The molecule has 1 amide bonds. The second-order valence-corrected chi connectivity index (χ2v) is 7.50. The number of amides is 1. The van der Waals surface area contributed by atoms with E-state index in [4.69, 9.17) is 16.3 Å². The number of esters is 1. The van der Waals surface area contributed by atoms with Crippen molar-refractivity contribution in [2.24, 2.45) is 0 Å². The summed E-state index contributed by atoms with van der Waals surface area (Å²) in [6.07, 6.45) is -0.961. The molecule has 0 aliphatic carbocycles. The van der Waals surface area contributed by atoms with E-state index in [1.165, 1.54) is 6.92 Å². The maximum Gasteiger partial charge on any atom is 0.343 e. The summed E-state index contributed by atoms with van der Waals surface area (Å²) in [4.78, 5) is 24.9. The fourth-order valence-electron chi connectivity index (χ4n) is 2.96. The van der Waals surface area contributed by atoms with Gasteiger partial charge in [-0.1, -0.05) is 71.8 Å². The Morgan fingerprint density at radius 2 is 1.73 bits per heavy atom. The number of nitrogens with zero attached hydrogens (tertiary/aromatic N) is 2. The van der Waals surface area contributed by atoms with Crippen LogP contribution in [0.1, 0.15) is 39.7 Å². The summed E-state index contributed by atoms with van der Waals surface area (Å²) in [5.41, 5.74) is 3.75. The lowest BCUT2D eigenvalue weighted by molar-refractivity contribution is -0.129. The summed E-state index contributed by atoms with van der Waals surface area (Å²) in [5, 5.41) is 7.31.